The van der Waals surface area contributed by atoms with E-state index in [9.17, 15) is 0 Å². The van der Waals surface area contributed by atoms with Crippen LogP contribution in [-0.2, 0) is 0 Å². The van der Waals surface area contributed by atoms with Gasteiger partial charge >= 0.3 is 0 Å². The third kappa shape index (κ3) is 6.44. The van der Waals surface area contributed by atoms with E-state index >= 15 is 0 Å². The van der Waals surface area contributed by atoms with Gasteiger partial charge in [0, 0.05) is 27.7 Å². The highest BCUT2D eigenvalue weighted by Crippen LogP contribution is 2.41. The van der Waals surface area contributed by atoms with Crippen LogP contribution in [0.25, 0.3) is 77.6 Å². The van der Waals surface area contributed by atoms with E-state index in [4.69, 9.17) is 4.42 Å². The summed E-state index contributed by atoms with van der Waals surface area (Å²) >= 11 is 0. The van der Waals surface area contributed by atoms with E-state index in [1.165, 1.54) is 49.7 Å². The lowest BCUT2D eigenvalue weighted by atomic mass is 9.98. The van der Waals surface area contributed by atoms with E-state index < -0.39 is 0 Å². The second kappa shape index (κ2) is 14.4. The molecule has 10 rings (SSSR count). The first-order valence-corrected chi connectivity index (χ1v) is 19.1. The number of hydrogen-bond donors (Lipinski definition) is 0. The van der Waals surface area contributed by atoms with Crippen molar-refractivity contribution in [2.24, 2.45) is 0 Å². The van der Waals surface area contributed by atoms with Crippen LogP contribution in [0.1, 0.15) is 0 Å². The van der Waals surface area contributed by atoms with Gasteiger partial charge in [0.1, 0.15) is 11.3 Å². The van der Waals surface area contributed by atoms with Crippen molar-refractivity contribution < 1.29 is 4.42 Å². The largest absolute Gasteiger partial charge is 0.456 e. The van der Waals surface area contributed by atoms with Crippen LogP contribution in [0.15, 0.2) is 229 Å². The van der Waals surface area contributed by atoms with Crippen molar-refractivity contribution in [3.63, 3.8) is 0 Å². The zero-order valence-electron chi connectivity index (χ0n) is 30.7. The Balaban J connectivity index is 0.955. The Hall–Kier alpha value is -7.42. The average molecular weight is 716 g/mol. The van der Waals surface area contributed by atoms with Gasteiger partial charge in [-0.25, -0.2) is 0 Å². The molecule has 2 heteroatoms. The van der Waals surface area contributed by atoms with Gasteiger partial charge in [-0.15, -0.1) is 0 Å². The summed E-state index contributed by atoms with van der Waals surface area (Å²) < 4.78 is 6.16. The molecule has 0 fully saturated rings. The molecule has 0 saturated carbocycles. The molecule has 0 aliphatic heterocycles. The van der Waals surface area contributed by atoms with Gasteiger partial charge in [-0.05, 0) is 104 Å². The van der Waals surface area contributed by atoms with E-state index in [-0.39, 0.29) is 0 Å². The van der Waals surface area contributed by atoms with Crippen molar-refractivity contribution in [3.8, 4) is 55.8 Å². The highest BCUT2D eigenvalue weighted by atomic mass is 16.3. The van der Waals surface area contributed by atoms with Gasteiger partial charge in [0.15, 0.2) is 0 Å². The number of rotatable bonds is 8. The summed E-state index contributed by atoms with van der Waals surface area (Å²) in [5, 5.41) is 3.53. The maximum Gasteiger partial charge on any atom is 0.135 e. The molecule has 0 aliphatic rings. The lowest BCUT2D eigenvalue weighted by Crippen LogP contribution is -2.10. The van der Waals surface area contributed by atoms with E-state index in [0.717, 1.165) is 44.9 Å². The third-order valence-electron chi connectivity index (χ3n) is 10.7. The molecule has 264 valence electrons. The second-order valence-corrected chi connectivity index (χ2v) is 14.2. The zero-order valence-corrected chi connectivity index (χ0v) is 30.7. The summed E-state index contributed by atoms with van der Waals surface area (Å²) in [6.07, 6.45) is 0. The molecule has 0 atom stereocenters. The quantitative estimate of drug-likeness (QED) is 0.156. The zero-order chi connectivity index (χ0) is 37.3. The van der Waals surface area contributed by atoms with E-state index in [1.54, 1.807) is 0 Å². The molecule has 9 aromatic carbocycles. The third-order valence-corrected chi connectivity index (χ3v) is 10.7. The first kappa shape index (κ1) is 33.2. The first-order valence-electron chi connectivity index (χ1n) is 19.1. The Morgan fingerprint density at radius 1 is 0.286 bits per heavy atom. The van der Waals surface area contributed by atoms with Gasteiger partial charge in [0.05, 0.1) is 5.69 Å². The lowest BCUT2D eigenvalue weighted by molar-refractivity contribution is 0.631. The molecular weight excluding hydrogens is 679 g/mol. The summed E-state index contributed by atoms with van der Waals surface area (Å²) in [5.41, 5.74) is 14.8. The monoisotopic (exact) mass is 715 g/mol. The molecular formula is C54H37NO. The Bertz CT molecular complexity index is 2900. The minimum atomic E-state index is 0.881. The van der Waals surface area contributed by atoms with E-state index in [1.807, 2.05) is 18.2 Å². The molecule has 0 spiro atoms. The van der Waals surface area contributed by atoms with Crippen molar-refractivity contribution >= 4 is 38.8 Å². The first-order chi connectivity index (χ1) is 27.7. The minimum Gasteiger partial charge on any atom is -0.456 e. The molecule has 56 heavy (non-hydrogen) atoms. The molecule has 1 aromatic heterocycles. The number of benzene rings is 9. The van der Waals surface area contributed by atoms with Crippen LogP contribution in [0.3, 0.4) is 0 Å². The van der Waals surface area contributed by atoms with E-state index in [2.05, 4.69) is 211 Å². The van der Waals surface area contributed by atoms with Crippen molar-refractivity contribution in [2.45, 2.75) is 0 Å². The van der Waals surface area contributed by atoms with Crippen LogP contribution in [0, 0.1) is 0 Å². The predicted molar refractivity (Wildman–Crippen MR) is 236 cm³/mol. The summed E-state index contributed by atoms with van der Waals surface area (Å²) in [6.45, 7) is 0. The Labute approximate surface area is 327 Å². The van der Waals surface area contributed by atoms with Gasteiger partial charge < -0.3 is 9.32 Å². The predicted octanol–water partition coefficient (Wildman–Crippen LogP) is 15.4. The van der Waals surface area contributed by atoms with Crippen LogP contribution >= 0.6 is 0 Å². The summed E-state index contributed by atoms with van der Waals surface area (Å²) in [4.78, 5) is 2.37. The van der Waals surface area contributed by atoms with E-state index in [0.29, 0.717) is 0 Å². The van der Waals surface area contributed by atoms with Crippen LogP contribution in [0.4, 0.5) is 17.1 Å². The number of anilines is 3. The Morgan fingerprint density at radius 2 is 0.714 bits per heavy atom. The highest BCUT2D eigenvalue weighted by Gasteiger charge is 2.16. The summed E-state index contributed by atoms with van der Waals surface area (Å²) in [6, 6.07) is 80.1. The molecule has 2 nitrogen and oxygen atoms in total. The molecule has 0 amide bonds. The van der Waals surface area contributed by atoms with Gasteiger partial charge in [0.25, 0.3) is 0 Å². The molecule has 0 unspecified atom stereocenters. The number of nitrogens with zero attached hydrogens (tertiary/aromatic N) is 1. The number of para-hydroxylation sites is 1. The highest BCUT2D eigenvalue weighted by molar-refractivity contribution is 5.99. The van der Waals surface area contributed by atoms with Gasteiger partial charge in [-0.3, -0.25) is 0 Å². The lowest BCUT2D eigenvalue weighted by Gasteiger charge is -2.27. The summed E-state index contributed by atoms with van der Waals surface area (Å²) in [5.74, 6) is 0.881. The normalized spacial score (nSPS) is 11.2. The minimum absolute atomic E-state index is 0.881. The second-order valence-electron chi connectivity index (χ2n) is 14.2. The topological polar surface area (TPSA) is 16.4 Å². The maximum atomic E-state index is 6.16. The number of hydrogen-bond acceptors (Lipinski definition) is 2. The van der Waals surface area contributed by atoms with Gasteiger partial charge in [0.2, 0.25) is 0 Å². The SMILES string of the molecule is c1ccc(-c2cccc(-c3ccc(N(c4ccc(-c5ccc(-c6cccc(-c7cc8ccccc8o7)c6)cc5)cc4)c4cccc5ccccc45)cc3)c2)cc1. The fourth-order valence-electron chi connectivity index (χ4n) is 7.78. The molecule has 0 bridgehead atoms. The molecule has 0 N–H and O–H groups in total. The Kier molecular flexibility index (Phi) is 8.55. The van der Waals surface area contributed by atoms with Crippen molar-refractivity contribution in [1.29, 1.82) is 0 Å². The number of furan rings is 1. The fraction of sp³-hybridized carbons (Fsp3) is 0. The van der Waals surface area contributed by atoms with Gasteiger partial charge in [-0.1, -0.05) is 170 Å². The maximum absolute atomic E-state index is 6.16. The van der Waals surface area contributed by atoms with Crippen molar-refractivity contribution in [1.82, 2.24) is 0 Å². The van der Waals surface area contributed by atoms with Crippen molar-refractivity contribution in [2.75, 3.05) is 4.90 Å². The molecule has 0 aliphatic carbocycles. The van der Waals surface area contributed by atoms with Gasteiger partial charge in [-0.2, -0.15) is 0 Å². The molecule has 10 aromatic rings. The van der Waals surface area contributed by atoms with Crippen LogP contribution < -0.4 is 4.90 Å². The van der Waals surface area contributed by atoms with Crippen LogP contribution in [0.5, 0.6) is 0 Å². The molecule has 0 radical (unpaired) electrons. The van der Waals surface area contributed by atoms with Crippen molar-refractivity contribution in [3.05, 3.63) is 224 Å². The molecule has 0 saturated heterocycles. The number of fused-ring (bicyclic) bond motifs is 2. The summed E-state index contributed by atoms with van der Waals surface area (Å²) in [7, 11) is 0. The van der Waals surface area contributed by atoms with Crippen LogP contribution in [-0.4, -0.2) is 0 Å². The van der Waals surface area contributed by atoms with Crippen LogP contribution in [0.2, 0.25) is 0 Å². The fourth-order valence-corrected chi connectivity index (χ4v) is 7.78. The Morgan fingerprint density at radius 3 is 1.34 bits per heavy atom. The standard InChI is InChI=1S/C54H37NO/c1-2-11-38(12-3-1)44-16-8-17-45(35-44)42-29-33-50(34-30-42)55(52-21-10-15-43-13-4-6-20-51(43)52)49-31-27-40(28-32-49)39-23-25-41(26-24-39)46-18-9-19-47(36-46)54-37-48-14-5-7-22-53(48)56-54/h1-37H. The smallest absolute Gasteiger partial charge is 0.135 e. The molecule has 1 heterocycles. The average Bonchev–Trinajstić information content (AvgIpc) is 3.73.